The zero-order valence-electron chi connectivity index (χ0n) is 16.9. The third-order valence-electron chi connectivity index (χ3n) is 4.72. The van der Waals surface area contributed by atoms with Crippen molar-refractivity contribution < 1.29 is 18.4 Å². The van der Waals surface area contributed by atoms with Crippen LogP contribution in [-0.4, -0.2) is 16.8 Å². The van der Waals surface area contributed by atoms with Gasteiger partial charge in [0.1, 0.15) is 5.82 Å². The van der Waals surface area contributed by atoms with Gasteiger partial charge in [-0.15, -0.1) is 0 Å². The molecule has 5 nitrogen and oxygen atoms in total. The van der Waals surface area contributed by atoms with E-state index in [0.29, 0.717) is 5.69 Å². The molecule has 0 saturated heterocycles. The van der Waals surface area contributed by atoms with Crippen LogP contribution in [0.5, 0.6) is 0 Å². The van der Waals surface area contributed by atoms with Gasteiger partial charge in [-0.2, -0.15) is 0 Å². The van der Waals surface area contributed by atoms with Crippen molar-refractivity contribution in [3.63, 3.8) is 0 Å². The molecule has 3 aromatic rings. The highest BCUT2D eigenvalue weighted by Crippen LogP contribution is 2.27. The van der Waals surface area contributed by atoms with Crippen molar-refractivity contribution in [3.05, 3.63) is 83.1 Å². The highest BCUT2D eigenvalue weighted by molar-refractivity contribution is 5.99. The van der Waals surface area contributed by atoms with Gasteiger partial charge in [0.2, 0.25) is 11.8 Å². The van der Waals surface area contributed by atoms with Crippen LogP contribution >= 0.6 is 0 Å². The third kappa shape index (κ3) is 4.68. The Morgan fingerprint density at radius 3 is 2.33 bits per heavy atom. The topological polar surface area (TPSA) is 62.3 Å². The SMILES string of the molecule is CC(=O)N(c1ccc(F)c(F)c1)c1cc(NC(=O)Cc2c(C)cccc2C)ccn1. The first-order valence-corrected chi connectivity index (χ1v) is 9.33. The van der Waals surface area contributed by atoms with Gasteiger partial charge >= 0.3 is 0 Å². The van der Waals surface area contributed by atoms with Crippen LogP contribution in [0.2, 0.25) is 0 Å². The molecule has 7 heteroatoms. The standard InChI is InChI=1S/C23H21F2N3O2/c1-14-5-4-6-15(2)19(14)13-23(30)27-17-9-10-26-22(11-17)28(16(3)29)18-7-8-20(24)21(25)12-18/h4-12H,13H2,1-3H3,(H,26,27,30). The molecule has 30 heavy (non-hydrogen) atoms. The number of nitrogens with zero attached hydrogens (tertiary/aromatic N) is 2. The summed E-state index contributed by atoms with van der Waals surface area (Å²) in [6.07, 6.45) is 1.63. The molecule has 0 aliphatic carbocycles. The first-order valence-electron chi connectivity index (χ1n) is 9.33. The molecule has 0 atom stereocenters. The molecule has 3 rings (SSSR count). The van der Waals surface area contributed by atoms with E-state index in [2.05, 4.69) is 10.3 Å². The molecule has 1 heterocycles. The fraction of sp³-hybridized carbons (Fsp3) is 0.174. The molecule has 0 aliphatic rings. The number of amides is 2. The molecular formula is C23H21F2N3O2. The Morgan fingerprint density at radius 1 is 1.00 bits per heavy atom. The summed E-state index contributed by atoms with van der Waals surface area (Å²) >= 11 is 0. The predicted octanol–water partition coefficient (Wildman–Crippen LogP) is 4.84. The lowest BCUT2D eigenvalue weighted by Crippen LogP contribution is -2.24. The molecule has 0 saturated carbocycles. The number of rotatable bonds is 5. The Hall–Kier alpha value is -3.61. The summed E-state index contributed by atoms with van der Waals surface area (Å²) in [6, 6.07) is 12.1. The third-order valence-corrected chi connectivity index (χ3v) is 4.72. The molecule has 2 aromatic carbocycles. The van der Waals surface area contributed by atoms with Crippen LogP contribution in [-0.2, 0) is 16.0 Å². The van der Waals surface area contributed by atoms with Crippen LogP contribution in [0.3, 0.4) is 0 Å². The summed E-state index contributed by atoms with van der Waals surface area (Å²) in [5.41, 5.74) is 3.58. The zero-order valence-corrected chi connectivity index (χ0v) is 16.9. The van der Waals surface area contributed by atoms with Crippen molar-refractivity contribution in [3.8, 4) is 0 Å². The van der Waals surface area contributed by atoms with Crippen molar-refractivity contribution in [1.29, 1.82) is 0 Å². The summed E-state index contributed by atoms with van der Waals surface area (Å²) in [6.45, 7) is 5.19. The number of carbonyl (C=O) groups is 2. The molecule has 1 N–H and O–H groups in total. The van der Waals surface area contributed by atoms with E-state index in [1.54, 1.807) is 6.07 Å². The number of aromatic nitrogens is 1. The number of anilines is 3. The minimum atomic E-state index is -1.07. The Labute approximate surface area is 173 Å². The highest BCUT2D eigenvalue weighted by Gasteiger charge is 2.18. The summed E-state index contributed by atoms with van der Waals surface area (Å²) in [5.74, 6) is -2.56. The van der Waals surface area contributed by atoms with Crippen LogP contribution in [0.15, 0.2) is 54.7 Å². The quantitative estimate of drug-likeness (QED) is 0.656. The van der Waals surface area contributed by atoms with Gasteiger partial charge in [-0.05, 0) is 48.7 Å². The fourth-order valence-corrected chi connectivity index (χ4v) is 3.21. The Bertz CT molecular complexity index is 1100. The number of halogens is 2. The van der Waals surface area contributed by atoms with E-state index in [4.69, 9.17) is 0 Å². The average molecular weight is 409 g/mol. The normalized spacial score (nSPS) is 10.6. The lowest BCUT2D eigenvalue weighted by molar-refractivity contribution is -0.116. The van der Waals surface area contributed by atoms with Crippen LogP contribution in [0.25, 0.3) is 0 Å². The number of hydrogen-bond acceptors (Lipinski definition) is 3. The second-order valence-corrected chi connectivity index (χ2v) is 6.95. The number of benzene rings is 2. The number of pyridine rings is 1. The van der Waals surface area contributed by atoms with E-state index in [-0.39, 0.29) is 23.8 Å². The van der Waals surface area contributed by atoms with Gasteiger partial charge in [-0.3, -0.25) is 14.5 Å². The molecule has 0 unspecified atom stereocenters. The Kier molecular flexibility index (Phi) is 6.20. The first-order chi connectivity index (χ1) is 14.3. The maximum Gasteiger partial charge on any atom is 0.229 e. The molecule has 0 aliphatic heterocycles. The molecule has 0 radical (unpaired) electrons. The van der Waals surface area contributed by atoms with Gasteiger partial charge in [0.05, 0.1) is 12.1 Å². The second kappa shape index (κ2) is 8.82. The van der Waals surface area contributed by atoms with Crippen molar-refractivity contribution in [2.45, 2.75) is 27.2 Å². The van der Waals surface area contributed by atoms with E-state index in [1.165, 1.54) is 25.3 Å². The van der Waals surface area contributed by atoms with Gasteiger partial charge in [0.25, 0.3) is 0 Å². The van der Waals surface area contributed by atoms with Gasteiger partial charge in [-0.1, -0.05) is 18.2 Å². The van der Waals surface area contributed by atoms with Gasteiger partial charge < -0.3 is 5.32 Å². The van der Waals surface area contributed by atoms with E-state index >= 15 is 0 Å². The smallest absolute Gasteiger partial charge is 0.229 e. The average Bonchev–Trinajstić information content (AvgIpc) is 2.68. The largest absolute Gasteiger partial charge is 0.326 e. The van der Waals surface area contributed by atoms with Crippen molar-refractivity contribution >= 4 is 29.0 Å². The molecule has 0 spiro atoms. The monoisotopic (exact) mass is 409 g/mol. The molecule has 1 aromatic heterocycles. The first kappa shape index (κ1) is 21.1. The Morgan fingerprint density at radius 2 is 1.70 bits per heavy atom. The second-order valence-electron chi connectivity index (χ2n) is 6.95. The fourth-order valence-electron chi connectivity index (χ4n) is 3.21. The van der Waals surface area contributed by atoms with Gasteiger partial charge in [0.15, 0.2) is 11.6 Å². The lowest BCUT2D eigenvalue weighted by Gasteiger charge is -2.21. The van der Waals surface area contributed by atoms with E-state index in [0.717, 1.165) is 33.7 Å². The van der Waals surface area contributed by atoms with E-state index in [9.17, 15) is 18.4 Å². The van der Waals surface area contributed by atoms with E-state index < -0.39 is 17.5 Å². The number of aryl methyl sites for hydroxylation is 2. The van der Waals surface area contributed by atoms with E-state index in [1.807, 2.05) is 32.0 Å². The number of nitrogens with one attached hydrogen (secondary N) is 1. The van der Waals surface area contributed by atoms with Crippen LogP contribution in [0.1, 0.15) is 23.6 Å². The van der Waals surface area contributed by atoms with Crippen LogP contribution < -0.4 is 10.2 Å². The summed E-state index contributed by atoms with van der Waals surface area (Å²) < 4.78 is 26.9. The minimum Gasteiger partial charge on any atom is -0.326 e. The van der Waals surface area contributed by atoms with Crippen molar-refractivity contribution in [1.82, 2.24) is 4.98 Å². The Balaban J connectivity index is 1.84. The molecule has 154 valence electrons. The minimum absolute atomic E-state index is 0.132. The lowest BCUT2D eigenvalue weighted by atomic mass is 10.00. The van der Waals surface area contributed by atoms with Gasteiger partial charge in [-0.25, -0.2) is 13.8 Å². The van der Waals surface area contributed by atoms with Crippen LogP contribution in [0.4, 0.5) is 26.0 Å². The maximum absolute atomic E-state index is 13.7. The summed E-state index contributed by atoms with van der Waals surface area (Å²) in [7, 11) is 0. The predicted molar refractivity (Wildman–Crippen MR) is 112 cm³/mol. The zero-order chi connectivity index (χ0) is 21.8. The van der Waals surface area contributed by atoms with Gasteiger partial charge in [0, 0.05) is 30.9 Å². The highest BCUT2D eigenvalue weighted by atomic mass is 19.2. The number of carbonyl (C=O) groups excluding carboxylic acids is 2. The van der Waals surface area contributed by atoms with Crippen molar-refractivity contribution in [2.24, 2.45) is 0 Å². The number of hydrogen-bond donors (Lipinski definition) is 1. The molecular weight excluding hydrogens is 388 g/mol. The summed E-state index contributed by atoms with van der Waals surface area (Å²) in [4.78, 5) is 30.0. The summed E-state index contributed by atoms with van der Waals surface area (Å²) in [5, 5.41) is 2.80. The van der Waals surface area contributed by atoms with Crippen molar-refractivity contribution in [2.75, 3.05) is 10.2 Å². The maximum atomic E-state index is 13.7. The molecule has 2 amide bonds. The molecule has 0 bridgehead atoms. The van der Waals surface area contributed by atoms with Crippen LogP contribution in [0, 0.1) is 25.5 Å². The molecule has 0 fully saturated rings.